The number of aliphatic hydroxyl groups excluding tert-OH is 1. The number of esters is 3. The van der Waals surface area contributed by atoms with Crippen LogP contribution in [0.25, 0.3) is 0 Å². The lowest BCUT2D eigenvalue weighted by Gasteiger charge is -2.55. The second-order valence-corrected chi connectivity index (χ2v) is 13.2. The highest BCUT2D eigenvalue weighted by Gasteiger charge is 2.56. The van der Waals surface area contributed by atoms with E-state index in [2.05, 4.69) is 11.8 Å². The van der Waals surface area contributed by atoms with E-state index in [1.807, 2.05) is 6.92 Å². The number of hydrogen-bond donors (Lipinski definition) is 1. The van der Waals surface area contributed by atoms with Gasteiger partial charge in [-0.3, -0.25) is 14.4 Å². The molecule has 4 bridgehead atoms. The first-order chi connectivity index (χ1) is 19.4. The Bertz CT molecular complexity index is 748. The Morgan fingerprint density at radius 1 is 0.825 bits per heavy atom. The number of nitrogens with zero attached hydrogens (tertiary/aromatic N) is 1. The highest BCUT2D eigenvalue weighted by molar-refractivity contribution is 5.90. The molecule has 4 saturated carbocycles. The topological polar surface area (TPSA) is 93.1 Å². The maximum absolute atomic E-state index is 13.2. The summed E-state index contributed by atoms with van der Waals surface area (Å²) in [6, 6.07) is 0. The molecule has 0 heterocycles. The van der Waals surface area contributed by atoms with Crippen LogP contribution in [0.3, 0.4) is 0 Å². The van der Waals surface area contributed by atoms with E-state index >= 15 is 0 Å². The smallest absolute Gasteiger partial charge is 0.319 e. The van der Waals surface area contributed by atoms with Crippen molar-refractivity contribution in [2.24, 2.45) is 29.1 Å². The minimum absolute atomic E-state index is 0.0225. The summed E-state index contributed by atoms with van der Waals surface area (Å²) in [6.07, 6.45) is 18.4. The summed E-state index contributed by atoms with van der Waals surface area (Å²) in [7, 11) is 0. The fraction of sp³-hybridized carbons (Fsp3) is 0.909. The van der Waals surface area contributed by atoms with Crippen molar-refractivity contribution in [2.75, 3.05) is 32.8 Å². The first-order valence-electron chi connectivity index (χ1n) is 16.6. The van der Waals surface area contributed by atoms with Gasteiger partial charge in [0.25, 0.3) is 0 Å². The fourth-order valence-electron chi connectivity index (χ4n) is 7.89. The molecule has 4 rings (SSSR count). The van der Waals surface area contributed by atoms with Gasteiger partial charge < -0.3 is 19.5 Å². The Morgan fingerprint density at radius 2 is 1.43 bits per heavy atom. The van der Waals surface area contributed by atoms with Crippen molar-refractivity contribution < 1.29 is 29.0 Å². The molecule has 0 aliphatic heterocycles. The van der Waals surface area contributed by atoms with Gasteiger partial charge in [0, 0.05) is 13.0 Å². The zero-order valence-corrected chi connectivity index (χ0v) is 25.5. The van der Waals surface area contributed by atoms with Gasteiger partial charge in [-0.15, -0.1) is 0 Å². The maximum Gasteiger partial charge on any atom is 0.319 e. The van der Waals surface area contributed by atoms with E-state index in [1.54, 1.807) is 0 Å². The van der Waals surface area contributed by atoms with Crippen molar-refractivity contribution in [1.82, 2.24) is 4.90 Å². The van der Waals surface area contributed by atoms with E-state index in [4.69, 9.17) is 9.47 Å². The van der Waals surface area contributed by atoms with Crippen LogP contribution in [0.5, 0.6) is 0 Å². The average molecular weight is 564 g/mol. The van der Waals surface area contributed by atoms with E-state index in [-0.39, 0.29) is 24.5 Å². The van der Waals surface area contributed by atoms with Crippen LogP contribution in [0, 0.1) is 29.1 Å². The third kappa shape index (κ3) is 10.4. The third-order valence-corrected chi connectivity index (χ3v) is 9.82. The Morgan fingerprint density at radius 3 is 2.00 bits per heavy atom. The first-order valence-corrected chi connectivity index (χ1v) is 16.6. The molecule has 0 aromatic heterocycles. The van der Waals surface area contributed by atoms with Crippen LogP contribution >= 0.6 is 0 Å². The number of hydrogen-bond acceptors (Lipinski definition) is 7. The monoisotopic (exact) mass is 563 g/mol. The van der Waals surface area contributed by atoms with Crippen molar-refractivity contribution >= 4 is 17.9 Å². The average Bonchev–Trinajstić information content (AvgIpc) is 2.91. The van der Waals surface area contributed by atoms with Crippen molar-refractivity contribution in [1.29, 1.82) is 0 Å². The first kappa shape index (κ1) is 33.0. The highest BCUT2D eigenvalue weighted by atomic mass is 16.6. The molecule has 0 saturated heterocycles. The van der Waals surface area contributed by atoms with E-state index < -0.39 is 11.4 Å². The van der Waals surface area contributed by atoms with Crippen LogP contribution in [0.4, 0.5) is 0 Å². The van der Waals surface area contributed by atoms with Crippen molar-refractivity contribution in [2.45, 2.75) is 129 Å². The summed E-state index contributed by atoms with van der Waals surface area (Å²) in [5, 5.41) is 9.53. The summed E-state index contributed by atoms with van der Waals surface area (Å²) in [6.45, 7) is 6.47. The lowest BCUT2D eigenvalue weighted by Crippen LogP contribution is -2.51. The normalized spacial score (nSPS) is 25.8. The molecule has 0 aromatic carbocycles. The Labute approximate surface area is 243 Å². The van der Waals surface area contributed by atoms with Gasteiger partial charge in [-0.05, 0) is 95.1 Å². The minimum Gasteiger partial charge on any atom is -0.466 e. The van der Waals surface area contributed by atoms with Crippen LogP contribution in [-0.2, 0) is 23.9 Å². The number of aliphatic hydroxyl groups is 1. The van der Waals surface area contributed by atoms with Gasteiger partial charge >= 0.3 is 17.9 Å². The number of carbonyl (C=O) groups is 3. The van der Waals surface area contributed by atoms with Gasteiger partial charge in [0.1, 0.15) is 0 Å². The highest BCUT2D eigenvalue weighted by Crippen LogP contribution is 2.60. The summed E-state index contributed by atoms with van der Waals surface area (Å²) in [5.41, 5.74) is -0.422. The summed E-state index contributed by atoms with van der Waals surface area (Å²) in [4.78, 5) is 40.4. The van der Waals surface area contributed by atoms with Gasteiger partial charge in [0.05, 0.1) is 24.5 Å². The molecule has 40 heavy (non-hydrogen) atoms. The van der Waals surface area contributed by atoms with Gasteiger partial charge in [-0.25, -0.2) is 0 Å². The standard InChI is InChI=1S/C33H57NO6/c1-3-5-6-7-8-9-10-11-19-39-30(36)13-12-15-34(17-18-35)16-14-29(4-2)31(37)40-32(38)33-23-26-20-27(24-33)22-28(21-26)25-33/h26-29,35H,3-25H2,1-2H3. The van der Waals surface area contributed by atoms with Gasteiger partial charge in [-0.2, -0.15) is 0 Å². The maximum atomic E-state index is 13.2. The van der Waals surface area contributed by atoms with Gasteiger partial charge in [0.15, 0.2) is 0 Å². The van der Waals surface area contributed by atoms with E-state index in [1.165, 1.54) is 57.8 Å². The predicted octanol–water partition coefficient (Wildman–Crippen LogP) is 6.45. The number of unbranched alkanes of at least 4 members (excludes halogenated alkanes) is 7. The van der Waals surface area contributed by atoms with E-state index in [9.17, 15) is 19.5 Å². The Kier molecular flexibility index (Phi) is 14.4. The SMILES string of the molecule is CCCCCCCCCCOC(=O)CCCN(CCO)CCC(CC)C(=O)OC(=O)C12CC3CC(CC(C3)C1)C2. The number of ether oxygens (including phenoxy) is 2. The van der Waals surface area contributed by atoms with E-state index in [0.717, 1.165) is 32.1 Å². The summed E-state index contributed by atoms with van der Waals surface area (Å²) < 4.78 is 11.0. The predicted molar refractivity (Wildman–Crippen MR) is 156 cm³/mol. The van der Waals surface area contributed by atoms with Gasteiger partial charge in [-0.1, -0.05) is 58.8 Å². The molecule has 7 nitrogen and oxygen atoms in total. The Balaban J connectivity index is 1.30. The van der Waals surface area contributed by atoms with Crippen molar-refractivity contribution in [3.63, 3.8) is 0 Å². The lowest BCUT2D eigenvalue weighted by molar-refractivity contribution is -0.180. The molecule has 1 N–H and O–H groups in total. The van der Waals surface area contributed by atoms with Crippen LogP contribution in [0.1, 0.15) is 129 Å². The minimum atomic E-state index is -0.422. The molecule has 4 aliphatic rings. The summed E-state index contributed by atoms with van der Waals surface area (Å²) >= 11 is 0. The largest absolute Gasteiger partial charge is 0.466 e. The molecule has 0 radical (unpaired) electrons. The molecule has 4 aliphatic carbocycles. The lowest BCUT2D eigenvalue weighted by atomic mass is 9.49. The molecule has 1 unspecified atom stereocenters. The van der Waals surface area contributed by atoms with Crippen LogP contribution < -0.4 is 0 Å². The second-order valence-electron chi connectivity index (χ2n) is 13.2. The quantitative estimate of drug-likeness (QED) is 0.0975. The second kappa shape index (κ2) is 17.5. The summed E-state index contributed by atoms with van der Waals surface area (Å²) in [5.74, 6) is 0.728. The molecular weight excluding hydrogens is 506 g/mol. The molecule has 0 aromatic rings. The number of rotatable bonds is 21. The third-order valence-electron chi connectivity index (χ3n) is 9.82. The van der Waals surface area contributed by atoms with E-state index in [0.29, 0.717) is 69.7 Å². The molecule has 7 heteroatoms. The molecule has 1 atom stereocenters. The Hall–Kier alpha value is -1.47. The zero-order valence-electron chi connectivity index (χ0n) is 25.5. The van der Waals surface area contributed by atoms with Crippen LogP contribution in [0.2, 0.25) is 0 Å². The molecule has 230 valence electrons. The van der Waals surface area contributed by atoms with Crippen molar-refractivity contribution in [3.05, 3.63) is 0 Å². The fourth-order valence-corrected chi connectivity index (χ4v) is 7.89. The molecule has 0 spiro atoms. The van der Waals surface area contributed by atoms with Crippen LogP contribution in [-0.4, -0.2) is 60.8 Å². The van der Waals surface area contributed by atoms with Crippen LogP contribution in [0.15, 0.2) is 0 Å². The molecule has 0 amide bonds. The molecule has 4 fully saturated rings. The number of carbonyl (C=O) groups excluding carboxylic acids is 3. The molecular formula is C33H57NO6. The zero-order chi connectivity index (χ0) is 28.8. The van der Waals surface area contributed by atoms with Gasteiger partial charge in [0.2, 0.25) is 0 Å². The van der Waals surface area contributed by atoms with Crippen molar-refractivity contribution in [3.8, 4) is 0 Å².